The second-order valence-electron chi connectivity index (χ2n) is 3.69. The maximum Gasteiger partial charge on any atom is 0.321 e. The number of hydrogen-bond acceptors (Lipinski definition) is 3. The molecular formula is C11H15NO3. The number of hydrogen-bond donors (Lipinski definition) is 2. The van der Waals surface area contributed by atoms with Crippen molar-refractivity contribution >= 4 is 5.97 Å². The van der Waals surface area contributed by atoms with Gasteiger partial charge in [-0.1, -0.05) is 12.1 Å². The van der Waals surface area contributed by atoms with Gasteiger partial charge in [-0.2, -0.15) is 0 Å². The lowest BCUT2D eigenvalue weighted by atomic mass is 10.1. The minimum absolute atomic E-state index is 0.190. The first kappa shape index (κ1) is 11.5. The number of carboxylic acid groups (broad SMARTS) is 1. The van der Waals surface area contributed by atoms with Gasteiger partial charge in [-0.25, -0.2) is 0 Å². The van der Waals surface area contributed by atoms with Gasteiger partial charge in [0.2, 0.25) is 0 Å². The minimum Gasteiger partial charge on any atom is -0.508 e. The van der Waals surface area contributed by atoms with Gasteiger partial charge in [-0.05, 0) is 38.2 Å². The monoisotopic (exact) mass is 209 g/mol. The third-order valence-corrected chi connectivity index (χ3v) is 2.27. The molecule has 1 aromatic rings. The van der Waals surface area contributed by atoms with Gasteiger partial charge in [0, 0.05) is 0 Å². The number of aliphatic carboxylic acids is 1. The van der Waals surface area contributed by atoms with E-state index in [4.69, 9.17) is 10.2 Å². The van der Waals surface area contributed by atoms with Gasteiger partial charge in [-0.15, -0.1) is 0 Å². The predicted molar refractivity (Wildman–Crippen MR) is 56.9 cm³/mol. The number of aromatic hydroxyl groups is 1. The lowest BCUT2D eigenvalue weighted by molar-refractivity contribution is -0.142. The Morgan fingerprint density at radius 1 is 1.33 bits per heavy atom. The van der Waals surface area contributed by atoms with Crippen LogP contribution in [0, 0.1) is 0 Å². The molecule has 0 aliphatic rings. The van der Waals surface area contributed by atoms with Gasteiger partial charge in [-0.3, -0.25) is 9.69 Å². The molecule has 1 atom stereocenters. The molecule has 0 spiro atoms. The molecule has 0 radical (unpaired) electrons. The van der Waals surface area contributed by atoms with Crippen LogP contribution in [0.2, 0.25) is 0 Å². The van der Waals surface area contributed by atoms with Crippen molar-refractivity contribution in [3.05, 3.63) is 29.8 Å². The molecule has 4 nitrogen and oxygen atoms in total. The highest BCUT2D eigenvalue weighted by Gasteiger charge is 2.19. The highest BCUT2D eigenvalue weighted by atomic mass is 16.4. The highest BCUT2D eigenvalue weighted by molar-refractivity contribution is 5.73. The Balaban J connectivity index is 2.74. The summed E-state index contributed by atoms with van der Waals surface area (Å²) in [6.45, 7) is 0. The molecule has 82 valence electrons. The van der Waals surface area contributed by atoms with E-state index in [9.17, 15) is 4.79 Å². The second-order valence-corrected chi connectivity index (χ2v) is 3.69. The van der Waals surface area contributed by atoms with Crippen molar-refractivity contribution in [1.29, 1.82) is 0 Å². The van der Waals surface area contributed by atoms with Crippen LogP contribution in [-0.2, 0) is 11.2 Å². The zero-order chi connectivity index (χ0) is 11.4. The molecule has 2 N–H and O–H groups in total. The Labute approximate surface area is 88.8 Å². The fourth-order valence-electron chi connectivity index (χ4n) is 1.35. The van der Waals surface area contributed by atoms with Gasteiger partial charge in [0.1, 0.15) is 11.8 Å². The largest absolute Gasteiger partial charge is 0.508 e. The van der Waals surface area contributed by atoms with E-state index in [0.717, 1.165) is 5.56 Å². The standard InChI is InChI=1S/C11H15NO3/c1-12(2)10(11(14)15)7-8-3-5-9(13)6-4-8/h3-6,10,13H,7H2,1-2H3,(H,14,15)/t10-/m1/s1. The third-order valence-electron chi connectivity index (χ3n) is 2.27. The number of carboxylic acids is 1. The van der Waals surface area contributed by atoms with Gasteiger partial charge in [0.05, 0.1) is 0 Å². The lowest BCUT2D eigenvalue weighted by Gasteiger charge is -2.19. The van der Waals surface area contributed by atoms with E-state index in [0.29, 0.717) is 6.42 Å². The van der Waals surface area contributed by atoms with Crippen molar-refractivity contribution in [3.63, 3.8) is 0 Å². The molecule has 4 heteroatoms. The molecule has 1 rings (SSSR count). The van der Waals surface area contributed by atoms with E-state index in [-0.39, 0.29) is 5.75 Å². The van der Waals surface area contributed by atoms with Crippen molar-refractivity contribution in [3.8, 4) is 5.75 Å². The molecule has 0 saturated carbocycles. The third kappa shape index (κ3) is 3.25. The van der Waals surface area contributed by atoms with Gasteiger partial charge >= 0.3 is 5.97 Å². The van der Waals surface area contributed by atoms with Crippen LogP contribution in [0.4, 0.5) is 0 Å². The first-order valence-electron chi connectivity index (χ1n) is 4.68. The quantitative estimate of drug-likeness (QED) is 0.775. The summed E-state index contributed by atoms with van der Waals surface area (Å²) < 4.78 is 0. The molecule has 0 saturated heterocycles. The zero-order valence-corrected chi connectivity index (χ0v) is 8.84. The molecule has 0 aromatic heterocycles. The first-order valence-corrected chi connectivity index (χ1v) is 4.68. The average molecular weight is 209 g/mol. The molecule has 1 aromatic carbocycles. The average Bonchev–Trinajstić information content (AvgIpc) is 2.15. The van der Waals surface area contributed by atoms with E-state index < -0.39 is 12.0 Å². The first-order chi connectivity index (χ1) is 7.00. The molecule has 0 aliphatic heterocycles. The molecule has 0 amide bonds. The molecule has 15 heavy (non-hydrogen) atoms. The Kier molecular flexibility index (Phi) is 3.68. The summed E-state index contributed by atoms with van der Waals surface area (Å²) in [6, 6.07) is 6.05. The van der Waals surface area contributed by atoms with Crippen LogP contribution in [-0.4, -0.2) is 41.2 Å². The molecule has 0 bridgehead atoms. The van der Waals surface area contributed by atoms with Crippen LogP contribution in [0.1, 0.15) is 5.56 Å². The van der Waals surface area contributed by atoms with Crippen LogP contribution in [0.25, 0.3) is 0 Å². The van der Waals surface area contributed by atoms with Crippen molar-refractivity contribution < 1.29 is 15.0 Å². The van der Waals surface area contributed by atoms with E-state index in [1.807, 2.05) is 0 Å². The fraction of sp³-hybridized carbons (Fsp3) is 0.364. The number of carbonyl (C=O) groups is 1. The number of benzene rings is 1. The Morgan fingerprint density at radius 3 is 2.27 bits per heavy atom. The number of likely N-dealkylation sites (N-methyl/N-ethyl adjacent to an activating group) is 1. The summed E-state index contributed by atoms with van der Waals surface area (Å²) in [6.07, 6.45) is 0.433. The maximum absolute atomic E-state index is 10.9. The SMILES string of the molecule is CN(C)[C@H](Cc1ccc(O)cc1)C(=O)O. The van der Waals surface area contributed by atoms with Gasteiger partial charge in [0.15, 0.2) is 0 Å². The highest BCUT2D eigenvalue weighted by Crippen LogP contribution is 2.12. The maximum atomic E-state index is 10.9. The van der Waals surface area contributed by atoms with E-state index in [2.05, 4.69) is 0 Å². The van der Waals surface area contributed by atoms with Crippen LogP contribution >= 0.6 is 0 Å². The Hall–Kier alpha value is -1.55. The van der Waals surface area contributed by atoms with Crippen LogP contribution in [0.3, 0.4) is 0 Å². The van der Waals surface area contributed by atoms with Crippen LogP contribution in [0.5, 0.6) is 5.75 Å². The summed E-state index contributed by atoms with van der Waals surface area (Å²) in [5.41, 5.74) is 0.897. The number of phenolic OH excluding ortho intramolecular Hbond substituents is 1. The van der Waals surface area contributed by atoms with Crippen molar-refractivity contribution in [2.75, 3.05) is 14.1 Å². The number of rotatable bonds is 4. The molecular weight excluding hydrogens is 194 g/mol. The molecule has 0 fully saturated rings. The van der Waals surface area contributed by atoms with E-state index in [1.165, 1.54) is 0 Å². The predicted octanol–water partition coefficient (Wildman–Crippen LogP) is 0.950. The number of phenols is 1. The zero-order valence-electron chi connectivity index (χ0n) is 8.84. The Morgan fingerprint density at radius 2 is 1.87 bits per heavy atom. The van der Waals surface area contributed by atoms with Crippen LogP contribution in [0.15, 0.2) is 24.3 Å². The summed E-state index contributed by atoms with van der Waals surface area (Å²) in [5, 5.41) is 18.1. The number of nitrogens with zero attached hydrogens (tertiary/aromatic N) is 1. The molecule has 0 unspecified atom stereocenters. The fourth-order valence-corrected chi connectivity index (χ4v) is 1.35. The summed E-state index contributed by atoms with van der Waals surface area (Å²) in [4.78, 5) is 12.6. The second kappa shape index (κ2) is 4.79. The molecule has 0 heterocycles. The normalized spacial score (nSPS) is 12.7. The smallest absolute Gasteiger partial charge is 0.321 e. The van der Waals surface area contributed by atoms with E-state index in [1.54, 1.807) is 43.3 Å². The van der Waals surface area contributed by atoms with Crippen molar-refractivity contribution in [2.45, 2.75) is 12.5 Å². The summed E-state index contributed by atoms with van der Waals surface area (Å²) in [7, 11) is 3.47. The Bertz CT molecular complexity index is 332. The van der Waals surface area contributed by atoms with Crippen molar-refractivity contribution in [2.24, 2.45) is 0 Å². The summed E-state index contributed by atoms with van der Waals surface area (Å²) >= 11 is 0. The van der Waals surface area contributed by atoms with Crippen molar-refractivity contribution in [1.82, 2.24) is 4.90 Å². The topological polar surface area (TPSA) is 60.8 Å². The molecule has 0 aliphatic carbocycles. The summed E-state index contributed by atoms with van der Waals surface area (Å²) in [5.74, 6) is -0.649. The minimum atomic E-state index is -0.840. The van der Waals surface area contributed by atoms with E-state index >= 15 is 0 Å². The van der Waals surface area contributed by atoms with Gasteiger partial charge < -0.3 is 10.2 Å². The van der Waals surface area contributed by atoms with Crippen LogP contribution < -0.4 is 0 Å². The van der Waals surface area contributed by atoms with Gasteiger partial charge in [0.25, 0.3) is 0 Å². The lowest BCUT2D eigenvalue weighted by Crippen LogP contribution is -2.37.